The number of fused-ring (bicyclic) bond motifs is 1. The van der Waals surface area contributed by atoms with Gasteiger partial charge in [0.25, 0.3) is 0 Å². The summed E-state index contributed by atoms with van der Waals surface area (Å²) in [6.45, 7) is 3.99. The normalized spacial score (nSPS) is 12.7. The van der Waals surface area contributed by atoms with Crippen LogP contribution in [0, 0.1) is 6.92 Å². The van der Waals surface area contributed by atoms with Crippen LogP contribution in [0.5, 0.6) is 5.75 Å². The molecule has 0 radical (unpaired) electrons. The minimum absolute atomic E-state index is 0.0806. The fourth-order valence-corrected chi connectivity index (χ4v) is 2.80. The van der Waals surface area contributed by atoms with E-state index in [2.05, 4.69) is 0 Å². The number of rotatable bonds is 3. The van der Waals surface area contributed by atoms with Crippen LogP contribution in [0.25, 0.3) is 11.0 Å². The largest absolute Gasteiger partial charge is 0.453 e. The minimum atomic E-state index is -2.07. The summed E-state index contributed by atoms with van der Waals surface area (Å²) in [7, 11) is 0. The number of halogens is 3. The van der Waals surface area contributed by atoms with Crippen LogP contribution in [-0.4, -0.2) is 15.7 Å². The highest BCUT2D eigenvalue weighted by molar-refractivity contribution is 6.68. The van der Waals surface area contributed by atoms with Gasteiger partial charge in [0, 0.05) is 25.3 Å². The van der Waals surface area contributed by atoms with Gasteiger partial charge in [0.1, 0.15) is 11.3 Å². The summed E-state index contributed by atoms with van der Waals surface area (Å²) in [6.07, 6.45) is -1.44. The van der Waals surface area contributed by atoms with Crippen LogP contribution < -0.4 is 10.4 Å². The molecule has 1 aromatic carbocycles. The third-order valence-corrected chi connectivity index (χ3v) is 3.88. The molecule has 0 bridgehead atoms. The van der Waals surface area contributed by atoms with Gasteiger partial charge >= 0.3 is 17.6 Å². The first kappa shape index (κ1) is 19.6. The summed E-state index contributed by atoms with van der Waals surface area (Å²) in [5.74, 6) is -1.02. The molecule has 0 aliphatic carbocycles. The van der Waals surface area contributed by atoms with E-state index < -0.39 is 27.5 Å². The molecule has 0 saturated heterocycles. The molecule has 0 spiro atoms. The fraction of sp³-hybridized carbons (Fsp3) is 0.312. The molecule has 0 N–H and O–H groups in total. The summed E-state index contributed by atoms with van der Waals surface area (Å²) in [5.41, 5.74) is -0.320. The first-order valence-electron chi connectivity index (χ1n) is 7.00. The zero-order valence-electron chi connectivity index (χ0n) is 13.4. The van der Waals surface area contributed by atoms with Crippen molar-refractivity contribution in [3.8, 4) is 5.75 Å². The summed E-state index contributed by atoms with van der Waals surface area (Å²) >= 11 is 17.6. The van der Waals surface area contributed by atoms with E-state index in [1.807, 2.05) is 0 Å². The number of carbonyl (C=O) groups excluding carboxylic acids is 2. The van der Waals surface area contributed by atoms with Gasteiger partial charge in [-0.1, -0.05) is 34.8 Å². The van der Waals surface area contributed by atoms with Crippen LogP contribution in [0.3, 0.4) is 0 Å². The molecule has 1 heterocycles. The predicted molar refractivity (Wildman–Crippen MR) is 93.3 cm³/mol. The third kappa shape index (κ3) is 4.45. The third-order valence-electron chi connectivity index (χ3n) is 3.29. The van der Waals surface area contributed by atoms with E-state index in [1.165, 1.54) is 19.1 Å². The number of carbonyl (C=O) groups is 2. The van der Waals surface area contributed by atoms with Gasteiger partial charge in [-0.15, -0.1) is 0 Å². The fourth-order valence-electron chi connectivity index (χ4n) is 2.34. The maximum atomic E-state index is 12.4. The van der Waals surface area contributed by atoms with Gasteiger partial charge < -0.3 is 13.9 Å². The van der Waals surface area contributed by atoms with E-state index in [4.69, 9.17) is 48.7 Å². The molecule has 6 nitrogen and oxygen atoms in total. The maximum absolute atomic E-state index is 12.4. The van der Waals surface area contributed by atoms with Gasteiger partial charge in [-0.05, 0) is 24.6 Å². The maximum Gasteiger partial charge on any atom is 0.343 e. The molecule has 9 heteroatoms. The molecule has 1 aromatic heterocycles. The molecule has 2 aromatic rings. The Balaban J connectivity index is 2.67. The second kappa shape index (κ2) is 7.23. The van der Waals surface area contributed by atoms with Crippen molar-refractivity contribution in [2.24, 2.45) is 0 Å². The first-order chi connectivity index (χ1) is 11.5. The lowest BCUT2D eigenvalue weighted by Gasteiger charge is -2.24. The molecular formula is C16H13Cl3O6. The summed E-state index contributed by atoms with van der Waals surface area (Å²) < 4.78 is 13.1. The van der Waals surface area contributed by atoms with Crippen LogP contribution in [0.1, 0.15) is 31.1 Å². The van der Waals surface area contributed by atoms with Gasteiger partial charge in [-0.3, -0.25) is 9.59 Å². The van der Waals surface area contributed by atoms with Crippen molar-refractivity contribution < 1.29 is 23.5 Å². The van der Waals surface area contributed by atoms with Crippen molar-refractivity contribution >= 4 is 57.7 Å². The van der Waals surface area contributed by atoms with Crippen molar-refractivity contribution in [3.05, 3.63) is 39.7 Å². The standard InChI is InChI=1S/C16H13Cl3O6/c1-7-11-5-4-10(23-8(2)20)6-12(11)25-15(22)13(7)14(16(17,18)19)24-9(3)21/h4-6,14H,1-3H3. The number of esters is 2. The van der Waals surface area contributed by atoms with Crippen molar-refractivity contribution in [1.82, 2.24) is 0 Å². The number of hydrogen-bond acceptors (Lipinski definition) is 6. The molecule has 0 aliphatic heterocycles. The Morgan fingerprint density at radius 1 is 1.16 bits per heavy atom. The Kier molecular flexibility index (Phi) is 5.66. The molecule has 134 valence electrons. The molecule has 0 fully saturated rings. The van der Waals surface area contributed by atoms with E-state index in [9.17, 15) is 14.4 Å². The van der Waals surface area contributed by atoms with E-state index >= 15 is 0 Å². The number of benzene rings is 1. The van der Waals surface area contributed by atoms with Gasteiger partial charge in [-0.2, -0.15) is 0 Å². The Morgan fingerprint density at radius 2 is 1.80 bits per heavy atom. The average molecular weight is 408 g/mol. The molecule has 0 amide bonds. The average Bonchev–Trinajstić information content (AvgIpc) is 2.43. The zero-order chi connectivity index (χ0) is 18.9. The highest BCUT2D eigenvalue weighted by Crippen LogP contribution is 2.43. The molecular weight excluding hydrogens is 395 g/mol. The summed E-state index contributed by atoms with van der Waals surface area (Å²) in [5, 5.41) is 0.511. The van der Waals surface area contributed by atoms with Crippen LogP contribution in [0.4, 0.5) is 0 Å². The summed E-state index contributed by atoms with van der Waals surface area (Å²) in [4.78, 5) is 34.8. The van der Waals surface area contributed by atoms with E-state index in [0.29, 0.717) is 10.9 Å². The molecule has 0 aliphatic rings. The first-order valence-corrected chi connectivity index (χ1v) is 8.13. The second-order valence-corrected chi connectivity index (χ2v) is 7.58. The zero-order valence-corrected chi connectivity index (χ0v) is 15.7. The Hall–Kier alpha value is -1.76. The molecule has 0 saturated carbocycles. The second-order valence-electron chi connectivity index (χ2n) is 5.21. The van der Waals surface area contributed by atoms with E-state index in [0.717, 1.165) is 6.92 Å². The van der Waals surface area contributed by atoms with Gasteiger partial charge in [0.2, 0.25) is 3.79 Å². The minimum Gasteiger partial charge on any atom is -0.453 e. The molecule has 1 atom stereocenters. The monoisotopic (exact) mass is 406 g/mol. The molecule has 25 heavy (non-hydrogen) atoms. The highest BCUT2D eigenvalue weighted by Gasteiger charge is 2.40. The lowest BCUT2D eigenvalue weighted by molar-refractivity contribution is -0.146. The lowest BCUT2D eigenvalue weighted by Crippen LogP contribution is -2.28. The van der Waals surface area contributed by atoms with Gasteiger partial charge in [0.05, 0.1) is 5.56 Å². The van der Waals surface area contributed by atoms with Crippen molar-refractivity contribution in [1.29, 1.82) is 0 Å². The van der Waals surface area contributed by atoms with E-state index in [1.54, 1.807) is 13.0 Å². The predicted octanol–water partition coefficient (Wildman–Crippen LogP) is 4.00. The topological polar surface area (TPSA) is 82.8 Å². The van der Waals surface area contributed by atoms with Crippen LogP contribution >= 0.6 is 34.8 Å². The smallest absolute Gasteiger partial charge is 0.343 e. The molecule has 1 unspecified atom stereocenters. The quantitative estimate of drug-likeness (QED) is 0.331. The summed E-state index contributed by atoms with van der Waals surface area (Å²) in [6, 6.07) is 4.50. The SMILES string of the molecule is CC(=O)Oc1ccc2c(C)c(C(OC(C)=O)C(Cl)(Cl)Cl)c(=O)oc2c1. The Morgan fingerprint density at radius 3 is 2.32 bits per heavy atom. The highest BCUT2D eigenvalue weighted by atomic mass is 35.6. The molecule has 2 rings (SSSR count). The Labute approximate surface area is 157 Å². The number of ether oxygens (including phenoxy) is 2. The van der Waals surface area contributed by atoms with Crippen molar-refractivity contribution in [2.45, 2.75) is 30.7 Å². The number of aryl methyl sites for hydroxylation is 1. The van der Waals surface area contributed by atoms with Crippen molar-refractivity contribution in [3.63, 3.8) is 0 Å². The van der Waals surface area contributed by atoms with E-state index in [-0.39, 0.29) is 16.9 Å². The van der Waals surface area contributed by atoms with Crippen LogP contribution in [0.15, 0.2) is 27.4 Å². The Bertz CT molecular complexity index is 897. The van der Waals surface area contributed by atoms with Gasteiger partial charge in [0.15, 0.2) is 6.10 Å². The van der Waals surface area contributed by atoms with Crippen molar-refractivity contribution in [2.75, 3.05) is 0 Å². The van der Waals surface area contributed by atoms with Crippen LogP contribution in [-0.2, 0) is 14.3 Å². The van der Waals surface area contributed by atoms with Gasteiger partial charge in [-0.25, -0.2) is 4.79 Å². The van der Waals surface area contributed by atoms with Crippen LogP contribution in [0.2, 0.25) is 0 Å². The number of hydrogen-bond donors (Lipinski definition) is 0. The lowest BCUT2D eigenvalue weighted by atomic mass is 10.0. The number of alkyl halides is 3.